The molecule has 98 valence electrons. The maximum Gasteiger partial charge on any atom is 0.255 e. The molecule has 0 bridgehead atoms. The Morgan fingerprint density at radius 1 is 1.16 bits per heavy atom. The van der Waals surface area contributed by atoms with E-state index < -0.39 is 0 Å². The molecule has 4 heteroatoms. The first-order valence-electron chi connectivity index (χ1n) is 5.84. The SMILES string of the molecule is Cc1ccc(C(=O)Nc2cc(C)c(O)c(Br)c2)cc1. The van der Waals surface area contributed by atoms with E-state index in [9.17, 15) is 9.90 Å². The number of hydrogen-bond donors (Lipinski definition) is 2. The summed E-state index contributed by atoms with van der Waals surface area (Å²) < 4.78 is 0.562. The average Bonchev–Trinajstić information content (AvgIpc) is 2.36. The molecule has 0 saturated heterocycles. The van der Waals surface area contributed by atoms with E-state index in [2.05, 4.69) is 21.2 Å². The van der Waals surface area contributed by atoms with Crippen LogP contribution in [-0.4, -0.2) is 11.0 Å². The molecule has 0 radical (unpaired) electrons. The van der Waals surface area contributed by atoms with E-state index in [0.717, 1.165) is 5.56 Å². The van der Waals surface area contributed by atoms with Gasteiger partial charge in [-0.1, -0.05) is 17.7 Å². The molecule has 0 fully saturated rings. The number of phenols is 1. The van der Waals surface area contributed by atoms with Gasteiger partial charge in [0.15, 0.2) is 0 Å². The summed E-state index contributed by atoms with van der Waals surface area (Å²) >= 11 is 3.25. The van der Waals surface area contributed by atoms with E-state index in [0.29, 0.717) is 21.3 Å². The lowest BCUT2D eigenvalue weighted by molar-refractivity contribution is 0.102. The number of rotatable bonds is 2. The molecule has 0 aromatic heterocycles. The number of hydrogen-bond acceptors (Lipinski definition) is 2. The van der Waals surface area contributed by atoms with Crippen LogP contribution in [0.15, 0.2) is 40.9 Å². The van der Waals surface area contributed by atoms with E-state index in [4.69, 9.17) is 0 Å². The van der Waals surface area contributed by atoms with Gasteiger partial charge in [-0.05, 0) is 59.6 Å². The normalized spacial score (nSPS) is 10.3. The molecule has 1 amide bonds. The third kappa shape index (κ3) is 3.15. The van der Waals surface area contributed by atoms with Crippen molar-refractivity contribution in [3.63, 3.8) is 0 Å². The van der Waals surface area contributed by atoms with Crippen LogP contribution in [-0.2, 0) is 0 Å². The van der Waals surface area contributed by atoms with Crippen LogP contribution >= 0.6 is 15.9 Å². The van der Waals surface area contributed by atoms with Crippen LogP contribution in [0.3, 0.4) is 0 Å². The van der Waals surface area contributed by atoms with Gasteiger partial charge < -0.3 is 10.4 Å². The number of aromatic hydroxyl groups is 1. The molecule has 0 aliphatic rings. The maximum absolute atomic E-state index is 12.0. The fourth-order valence-corrected chi connectivity index (χ4v) is 2.28. The number of carbonyl (C=O) groups excluding carboxylic acids is 1. The van der Waals surface area contributed by atoms with Gasteiger partial charge in [0.2, 0.25) is 0 Å². The second kappa shape index (κ2) is 5.45. The summed E-state index contributed by atoms with van der Waals surface area (Å²) in [5, 5.41) is 12.5. The average molecular weight is 320 g/mol. The highest BCUT2D eigenvalue weighted by Crippen LogP contribution is 2.31. The molecule has 0 atom stereocenters. The molecule has 19 heavy (non-hydrogen) atoms. The van der Waals surface area contributed by atoms with Gasteiger partial charge in [-0.3, -0.25) is 4.79 Å². The number of amides is 1. The lowest BCUT2D eigenvalue weighted by Crippen LogP contribution is -2.11. The summed E-state index contributed by atoms with van der Waals surface area (Å²) in [6.45, 7) is 3.75. The molecular weight excluding hydrogens is 306 g/mol. The number of carbonyl (C=O) groups is 1. The summed E-state index contributed by atoms with van der Waals surface area (Å²) in [6, 6.07) is 10.8. The molecule has 0 aliphatic heterocycles. The maximum atomic E-state index is 12.0. The summed E-state index contributed by atoms with van der Waals surface area (Å²) in [5.74, 6) is 0.0188. The second-order valence-corrected chi connectivity index (χ2v) is 5.30. The fourth-order valence-electron chi connectivity index (χ4n) is 1.72. The van der Waals surface area contributed by atoms with Crippen molar-refractivity contribution in [3.05, 3.63) is 57.6 Å². The van der Waals surface area contributed by atoms with Crippen LogP contribution in [0.2, 0.25) is 0 Å². The number of halogens is 1. The Labute approximate surface area is 120 Å². The Kier molecular flexibility index (Phi) is 3.90. The number of nitrogens with one attached hydrogen (secondary N) is 1. The topological polar surface area (TPSA) is 49.3 Å². The summed E-state index contributed by atoms with van der Waals surface area (Å²) in [7, 11) is 0. The van der Waals surface area contributed by atoms with Gasteiger partial charge in [0.1, 0.15) is 5.75 Å². The fraction of sp³-hybridized carbons (Fsp3) is 0.133. The van der Waals surface area contributed by atoms with Gasteiger partial charge in [-0.25, -0.2) is 0 Å². The van der Waals surface area contributed by atoms with Gasteiger partial charge in [0.25, 0.3) is 5.91 Å². The van der Waals surface area contributed by atoms with E-state index in [1.165, 1.54) is 0 Å². The van der Waals surface area contributed by atoms with Crippen molar-refractivity contribution < 1.29 is 9.90 Å². The van der Waals surface area contributed by atoms with Crippen molar-refractivity contribution in [3.8, 4) is 5.75 Å². The molecule has 0 unspecified atom stereocenters. The lowest BCUT2D eigenvalue weighted by Gasteiger charge is -2.09. The zero-order chi connectivity index (χ0) is 14.0. The minimum atomic E-state index is -0.169. The van der Waals surface area contributed by atoms with E-state index >= 15 is 0 Å². The minimum Gasteiger partial charge on any atom is -0.506 e. The molecule has 2 N–H and O–H groups in total. The molecule has 2 aromatic rings. The molecule has 0 saturated carbocycles. The number of anilines is 1. The van der Waals surface area contributed by atoms with Gasteiger partial charge in [-0.2, -0.15) is 0 Å². The molecule has 0 aliphatic carbocycles. The van der Waals surface area contributed by atoms with Crippen molar-refractivity contribution in [2.75, 3.05) is 5.32 Å². The lowest BCUT2D eigenvalue weighted by atomic mass is 10.1. The monoisotopic (exact) mass is 319 g/mol. The standard InChI is InChI=1S/C15H14BrNO2/c1-9-3-5-11(6-4-9)15(19)17-12-7-10(2)14(18)13(16)8-12/h3-8,18H,1-2H3,(H,17,19). The highest BCUT2D eigenvalue weighted by atomic mass is 79.9. The van der Waals surface area contributed by atoms with Gasteiger partial charge in [0.05, 0.1) is 4.47 Å². The van der Waals surface area contributed by atoms with Crippen LogP contribution in [0.1, 0.15) is 21.5 Å². The predicted molar refractivity (Wildman–Crippen MR) is 79.7 cm³/mol. The van der Waals surface area contributed by atoms with Crippen molar-refractivity contribution in [1.82, 2.24) is 0 Å². The predicted octanol–water partition coefficient (Wildman–Crippen LogP) is 4.02. The van der Waals surface area contributed by atoms with Crippen molar-refractivity contribution in [1.29, 1.82) is 0 Å². The minimum absolute atomic E-state index is 0.169. The molecular formula is C15H14BrNO2. The van der Waals surface area contributed by atoms with E-state index in [-0.39, 0.29) is 11.7 Å². The van der Waals surface area contributed by atoms with Crippen LogP contribution in [0.4, 0.5) is 5.69 Å². The zero-order valence-corrected chi connectivity index (χ0v) is 12.3. The summed E-state index contributed by atoms with van der Waals surface area (Å²) in [4.78, 5) is 12.0. The Hall–Kier alpha value is -1.81. The molecule has 2 aromatic carbocycles. The zero-order valence-electron chi connectivity index (χ0n) is 10.7. The Morgan fingerprint density at radius 3 is 2.37 bits per heavy atom. The first kappa shape index (κ1) is 13.6. The highest BCUT2D eigenvalue weighted by molar-refractivity contribution is 9.10. The summed E-state index contributed by atoms with van der Waals surface area (Å²) in [5.41, 5.74) is 3.06. The Bertz CT molecular complexity index is 598. The van der Waals surface area contributed by atoms with Gasteiger partial charge >= 0.3 is 0 Å². The third-order valence-electron chi connectivity index (χ3n) is 2.83. The van der Waals surface area contributed by atoms with E-state index in [1.54, 1.807) is 31.2 Å². The van der Waals surface area contributed by atoms with Crippen molar-refractivity contribution >= 4 is 27.5 Å². The Morgan fingerprint density at radius 2 is 1.79 bits per heavy atom. The number of phenolic OH excluding ortho intramolecular Hbond substituents is 1. The van der Waals surface area contributed by atoms with Crippen LogP contribution < -0.4 is 5.32 Å². The molecule has 0 heterocycles. The van der Waals surface area contributed by atoms with Crippen LogP contribution in [0.25, 0.3) is 0 Å². The number of benzene rings is 2. The largest absolute Gasteiger partial charge is 0.506 e. The van der Waals surface area contributed by atoms with Crippen molar-refractivity contribution in [2.24, 2.45) is 0 Å². The van der Waals surface area contributed by atoms with Crippen molar-refractivity contribution in [2.45, 2.75) is 13.8 Å². The summed E-state index contributed by atoms with van der Waals surface area (Å²) in [6.07, 6.45) is 0. The highest BCUT2D eigenvalue weighted by Gasteiger charge is 2.09. The Balaban J connectivity index is 2.22. The third-order valence-corrected chi connectivity index (χ3v) is 3.43. The molecule has 0 spiro atoms. The van der Waals surface area contributed by atoms with Gasteiger partial charge in [-0.15, -0.1) is 0 Å². The van der Waals surface area contributed by atoms with E-state index in [1.807, 2.05) is 19.1 Å². The molecule has 2 rings (SSSR count). The second-order valence-electron chi connectivity index (χ2n) is 4.44. The quantitative estimate of drug-likeness (QED) is 0.821. The van der Waals surface area contributed by atoms with Crippen LogP contribution in [0.5, 0.6) is 5.75 Å². The van der Waals surface area contributed by atoms with Crippen LogP contribution in [0, 0.1) is 13.8 Å². The first-order chi connectivity index (χ1) is 8.97. The molecule has 3 nitrogen and oxygen atoms in total. The number of aryl methyl sites for hydroxylation is 2. The smallest absolute Gasteiger partial charge is 0.255 e. The first-order valence-corrected chi connectivity index (χ1v) is 6.64. The van der Waals surface area contributed by atoms with Gasteiger partial charge in [0, 0.05) is 11.3 Å².